The van der Waals surface area contributed by atoms with Crippen LogP contribution in [0.1, 0.15) is 44.7 Å². The van der Waals surface area contributed by atoms with Crippen LogP contribution in [0.3, 0.4) is 0 Å². The first-order valence-corrected chi connectivity index (χ1v) is 10.6. The van der Waals surface area contributed by atoms with E-state index in [0.717, 1.165) is 24.0 Å². The van der Waals surface area contributed by atoms with Crippen LogP contribution < -0.4 is 0 Å². The van der Waals surface area contributed by atoms with Gasteiger partial charge in [0.2, 0.25) is 15.8 Å². The average Bonchev–Trinajstić information content (AvgIpc) is 3.23. The van der Waals surface area contributed by atoms with Crippen LogP contribution in [-0.2, 0) is 14.8 Å². The van der Waals surface area contributed by atoms with Gasteiger partial charge in [-0.15, -0.1) is 0 Å². The molecule has 1 aliphatic rings. The molecule has 1 saturated heterocycles. The third kappa shape index (κ3) is 4.31. The molecule has 1 heterocycles. The number of rotatable bonds is 6. The van der Waals surface area contributed by atoms with Gasteiger partial charge in [0, 0.05) is 18.7 Å². The number of sulfonamides is 1. The van der Waals surface area contributed by atoms with Crippen molar-refractivity contribution in [2.24, 2.45) is 0 Å². The van der Waals surface area contributed by atoms with E-state index in [9.17, 15) is 18.0 Å². The van der Waals surface area contributed by atoms with Gasteiger partial charge in [0.1, 0.15) is 0 Å². The number of ketones is 1. The lowest BCUT2D eigenvalue weighted by Gasteiger charge is -2.15. The summed E-state index contributed by atoms with van der Waals surface area (Å²) in [5.41, 5.74) is 2.37. The van der Waals surface area contributed by atoms with Gasteiger partial charge in [0.05, 0.1) is 10.5 Å². The molecule has 2 aromatic rings. The molecule has 7 heteroatoms. The largest absolute Gasteiger partial charge is 0.454 e. The first-order valence-electron chi connectivity index (χ1n) is 9.17. The first-order chi connectivity index (χ1) is 13.3. The predicted molar refractivity (Wildman–Crippen MR) is 105 cm³/mol. The molecular formula is C21H23NO5S. The van der Waals surface area contributed by atoms with E-state index in [4.69, 9.17) is 4.74 Å². The van der Waals surface area contributed by atoms with Crippen molar-refractivity contribution in [1.82, 2.24) is 4.31 Å². The Morgan fingerprint density at radius 2 is 1.75 bits per heavy atom. The normalized spacial score (nSPS) is 14.8. The van der Waals surface area contributed by atoms with Crippen LogP contribution in [0.25, 0.3) is 0 Å². The minimum atomic E-state index is -3.62. The second-order valence-electron chi connectivity index (χ2n) is 6.96. The van der Waals surface area contributed by atoms with Gasteiger partial charge in [-0.3, -0.25) is 4.79 Å². The third-order valence-electron chi connectivity index (χ3n) is 4.80. The Morgan fingerprint density at radius 1 is 1.04 bits per heavy atom. The van der Waals surface area contributed by atoms with Gasteiger partial charge in [-0.1, -0.05) is 23.8 Å². The maximum atomic E-state index is 12.6. The lowest BCUT2D eigenvalue weighted by Crippen LogP contribution is -2.28. The van der Waals surface area contributed by atoms with E-state index in [2.05, 4.69) is 0 Å². The highest BCUT2D eigenvalue weighted by atomic mass is 32.2. The molecule has 0 spiro atoms. The summed E-state index contributed by atoms with van der Waals surface area (Å²) < 4.78 is 31.9. The summed E-state index contributed by atoms with van der Waals surface area (Å²) in [6.07, 6.45) is 1.67. The summed E-state index contributed by atoms with van der Waals surface area (Å²) in [5, 5.41) is 0. The Labute approximate surface area is 165 Å². The van der Waals surface area contributed by atoms with Crippen LogP contribution in [0.4, 0.5) is 0 Å². The van der Waals surface area contributed by atoms with Crippen molar-refractivity contribution in [3.05, 3.63) is 64.7 Å². The van der Waals surface area contributed by atoms with Gasteiger partial charge >= 0.3 is 5.97 Å². The fraction of sp³-hybridized carbons (Fsp3) is 0.333. The van der Waals surface area contributed by atoms with Gasteiger partial charge in [-0.2, -0.15) is 4.31 Å². The van der Waals surface area contributed by atoms with Crippen LogP contribution in [0.15, 0.2) is 47.4 Å². The number of carbonyl (C=O) groups excluding carboxylic acids is 2. The van der Waals surface area contributed by atoms with Crippen molar-refractivity contribution < 1.29 is 22.7 Å². The summed E-state index contributed by atoms with van der Waals surface area (Å²) in [7, 11) is -3.62. The van der Waals surface area contributed by atoms with Crippen molar-refractivity contribution in [3.63, 3.8) is 0 Å². The Kier molecular flexibility index (Phi) is 5.96. The number of carbonyl (C=O) groups is 2. The number of nitrogens with zero attached hydrogens (tertiary/aromatic N) is 1. The highest BCUT2D eigenvalue weighted by Gasteiger charge is 2.27. The number of esters is 1. The second kappa shape index (κ2) is 8.24. The van der Waals surface area contributed by atoms with E-state index >= 15 is 0 Å². The average molecular weight is 401 g/mol. The minimum absolute atomic E-state index is 0.0599. The predicted octanol–water partition coefficient (Wildman–Crippen LogP) is 3.13. The van der Waals surface area contributed by atoms with E-state index < -0.39 is 22.6 Å². The van der Waals surface area contributed by atoms with E-state index in [1.807, 2.05) is 26.0 Å². The molecule has 6 nitrogen and oxygen atoms in total. The van der Waals surface area contributed by atoms with Crippen molar-refractivity contribution >= 4 is 21.8 Å². The van der Waals surface area contributed by atoms with Crippen LogP contribution >= 0.6 is 0 Å². The van der Waals surface area contributed by atoms with Gasteiger partial charge in [-0.05, 0) is 56.5 Å². The number of hydrogen-bond acceptors (Lipinski definition) is 5. The lowest BCUT2D eigenvalue weighted by molar-refractivity contribution is 0.0474. The molecule has 0 amide bonds. The Hall–Kier alpha value is -2.51. The molecule has 0 aliphatic carbocycles. The number of hydrogen-bond donors (Lipinski definition) is 0. The van der Waals surface area contributed by atoms with Gasteiger partial charge in [0.15, 0.2) is 6.61 Å². The van der Waals surface area contributed by atoms with E-state index in [1.165, 1.54) is 28.6 Å². The zero-order valence-electron chi connectivity index (χ0n) is 16.0. The monoisotopic (exact) mass is 401 g/mol. The van der Waals surface area contributed by atoms with E-state index in [1.54, 1.807) is 6.07 Å². The molecule has 2 aromatic carbocycles. The molecule has 0 atom stereocenters. The maximum absolute atomic E-state index is 12.6. The van der Waals surface area contributed by atoms with Crippen molar-refractivity contribution in [2.75, 3.05) is 19.7 Å². The molecule has 0 unspecified atom stereocenters. The Balaban J connectivity index is 1.71. The summed E-state index contributed by atoms with van der Waals surface area (Å²) in [4.78, 5) is 24.8. The van der Waals surface area contributed by atoms with Crippen molar-refractivity contribution in [1.29, 1.82) is 0 Å². The third-order valence-corrected chi connectivity index (χ3v) is 6.70. The smallest absolute Gasteiger partial charge is 0.338 e. The Bertz CT molecular complexity index is 1010. The molecule has 148 valence electrons. The summed E-state index contributed by atoms with van der Waals surface area (Å²) in [6.45, 7) is 4.28. The molecule has 0 saturated carbocycles. The molecule has 0 aromatic heterocycles. The summed E-state index contributed by atoms with van der Waals surface area (Å²) >= 11 is 0. The molecule has 3 rings (SSSR count). The van der Waals surface area contributed by atoms with Crippen LogP contribution in [0.2, 0.25) is 0 Å². The van der Waals surface area contributed by atoms with Crippen molar-refractivity contribution in [3.8, 4) is 0 Å². The zero-order chi connectivity index (χ0) is 20.3. The Morgan fingerprint density at radius 3 is 2.46 bits per heavy atom. The lowest BCUT2D eigenvalue weighted by atomic mass is 10.0. The number of Topliss-reactive ketones (excluding diaryl/α,β-unsaturated/α-hetero) is 1. The second-order valence-corrected chi connectivity index (χ2v) is 8.89. The van der Waals surface area contributed by atoms with E-state index in [0.29, 0.717) is 18.7 Å². The van der Waals surface area contributed by atoms with E-state index in [-0.39, 0.29) is 16.2 Å². The summed E-state index contributed by atoms with van der Waals surface area (Å²) in [6, 6.07) is 11.3. The van der Waals surface area contributed by atoms with Crippen LogP contribution in [0.5, 0.6) is 0 Å². The highest BCUT2D eigenvalue weighted by Crippen LogP contribution is 2.22. The SMILES string of the molecule is Cc1ccc(C)c(C(=O)COC(=O)c2cccc(S(=O)(=O)N3CCCC3)c2)c1. The van der Waals surface area contributed by atoms with Gasteiger partial charge in [0.25, 0.3) is 0 Å². The fourth-order valence-corrected chi connectivity index (χ4v) is 4.75. The first kappa shape index (κ1) is 20.2. The fourth-order valence-electron chi connectivity index (χ4n) is 3.19. The van der Waals surface area contributed by atoms with Crippen LogP contribution in [0, 0.1) is 13.8 Å². The molecule has 1 aliphatic heterocycles. The maximum Gasteiger partial charge on any atom is 0.338 e. The molecule has 1 fully saturated rings. The molecule has 0 radical (unpaired) electrons. The molecule has 28 heavy (non-hydrogen) atoms. The number of benzene rings is 2. The molecule has 0 N–H and O–H groups in total. The number of aryl methyl sites for hydroxylation is 2. The molecular weight excluding hydrogens is 378 g/mol. The minimum Gasteiger partial charge on any atom is -0.454 e. The number of ether oxygens (including phenoxy) is 1. The highest BCUT2D eigenvalue weighted by molar-refractivity contribution is 7.89. The summed E-state index contributed by atoms with van der Waals surface area (Å²) in [5.74, 6) is -1.02. The van der Waals surface area contributed by atoms with Gasteiger partial charge in [-0.25, -0.2) is 13.2 Å². The quantitative estimate of drug-likeness (QED) is 0.549. The standard InChI is InChI=1S/C21H23NO5S/c1-15-8-9-16(2)19(12-15)20(23)14-27-21(24)17-6-5-7-18(13-17)28(25,26)22-10-3-4-11-22/h5-9,12-13H,3-4,10-11,14H2,1-2H3. The van der Waals surface area contributed by atoms with Crippen LogP contribution in [-0.4, -0.2) is 44.2 Å². The van der Waals surface area contributed by atoms with Crippen molar-refractivity contribution in [2.45, 2.75) is 31.6 Å². The zero-order valence-corrected chi connectivity index (χ0v) is 16.8. The molecule has 0 bridgehead atoms. The van der Waals surface area contributed by atoms with Gasteiger partial charge < -0.3 is 4.74 Å². The topological polar surface area (TPSA) is 80.8 Å².